The van der Waals surface area contributed by atoms with Crippen LogP contribution < -0.4 is 21.3 Å². The Morgan fingerprint density at radius 2 is 2.15 bits per heavy atom. The van der Waals surface area contributed by atoms with E-state index in [2.05, 4.69) is 36.3 Å². The van der Waals surface area contributed by atoms with E-state index in [1.807, 2.05) is 0 Å². The van der Waals surface area contributed by atoms with Crippen molar-refractivity contribution in [1.82, 2.24) is 30.2 Å². The minimum atomic E-state index is -0.560. The Hall–Kier alpha value is -3.21. The summed E-state index contributed by atoms with van der Waals surface area (Å²) in [7, 11) is 0. The zero-order valence-corrected chi connectivity index (χ0v) is 13.8. The van der Waals surface area contributed by atoms with Crippen molar-refractivity contribution in [1.29, 1.82) is 0 Å². The Labute approximate surface area is 147 Å². The van der Waals surface area contributed by atoms with Gasteiger partial charge in [-0.3, -0.25) is 10.1 Å². The second-order valence-corrected chi connectivity index (χ2v) is 6.09. The highest BCUT2D eigenvalue weighted by Gasteiger charge is 2.25. The predicted octanol–water partition coefficient (Wildman–Crippen LogP) is -0.327. The van der Waals surface area contributed by atoms with Gasteiger partial charge in [-0.05, 0) is 25.3 Å². The van der Waals surface area contributed by atoms with Crippen molar-refractivity contribution in [3.8, 4) is 0 Å². The van der Waals surface area contributed by atoms with E-state index in [-0.39, 0.29) is 12.3 Å². The molecule has 11 nitrogen and oxygen atoms in total. The lowest BCUT2D eigenvalue weighted by atomic mass is 10.2. The van der Waals surface area contributed by atoms with Crippen LogP contribution in [0.3, 0.4) is 0 Å². The molecule has 2 aliphatic rings. The van der Waals surface area contributed by atoms with E-state index in [9.17, 15) is 9.59 Å². The summed E-state index contributed by atoms with van der Waals surface area (Å²) in [6, 6.07) is -0.195. The van der Waals surface area contributed by atoms with Gasteiger partial charge in [0.25, 0.3) is 5.91 Å². The quantitative estimate of drug-likeness (QED) is 0.257. The third-order valence-corrected chi connectivity index (χ3v) is 3.94. The normalized spacial score (nSPS) is 18.3. The molecule has 0 aromatic carbocycles. The van der Waals surface area contributed by atoms with Gasteiger partial charge < -0.3 is 21.1 Å². The number of aliphatic hydroxyl groups excluding tert-OH is 1. The predicted molar refractivity (Wildman–Crippen MR) is 92.3 cm³/mol. The van der Waals surface area contributed by atoms with Gasteiger partial charge in [0.2, 0.25) is 11.9 Å². The first-order valence-electron chi connectivity index (χ1n) is 8.35. The Balaban J connectivity index is 1.71. The minimum Gasteiger partial charge on any atom is -0.396 e. The number of nitrogens with zero attached hydrogens (tertiary/aromatic N) is 4. The van der Waals surface area contributed by atoms with Crippen LogP contribution in [0.5, 0.6) is 0 Å². The molecule has 5 N–H and O–H groups in total. The van der Waals surface area contributed by atoms with E-state index >= 15 is 0 Å². The van der Waals surface area contributed by atoms with E-state index in [1.54, 1.807) is 10.7 Å². The van der Waals surface area contributed by atoms with Crippen molar-refractivity contribution in [2.24, 2.45) is 0 Å². The van der Waals surface area contributed by atoms with Gasteiger partial charge in [-0.1, -0.05) is 0 Å². The lowest BCUT2D eigenvalue weighted by Crippen LogP contribution is -2.22. The van der Waals surface area contributed by atoms with Crippen LogP contribution in [0.4, 0.5) is 16.7 Å². The fourth-order valence-corrected chi connectivity index (χ4v) is 2.50. The molecule has 0 spiro atoms. The Kier molecular flexibility index (Phi) is 4.13. The van der Waals surface area contributed by atoms with Crippen LogP contribution >= 0.6 is 0 Å². The van der Waals surface area contributed by atoms with Crippen LogP contribution in [0, 0.1) is 0 Å². The molecule has 0 unspecified atom stereocenters. The summed E-state index contributed by atoms with van der Waals surface area (Å²) in [4.78, 5) is 31.9. The number of hydrogen-bond acceptors (Lipinski definition) is 8. The topological polar surface area (TPSA) is 146 Å². The maximum atomic E-state index is 11.7. The van der Waals surface area contributed by atoms with E-state index in [0.29, 0.717) is 42.1 Å². The summed E-state index contributed by atoms with van der Waals surface area (Å²) >= 11 is 0. The molecule has 2 aromatic rings. The molecule has 1 saturated carbocycles. The number of hydrogen-bond donors (Lipinski definition) is 5. The second-order valence-electron chi connectivity index (χ2n) is 6.09. The molecule has 3 heterocycles. The molecule has 11 heteroatoms. The number of carbonyl (C=O) groups excluding carboxylic acids is 2. The first kappa shape index (κ1) is 16.3. The number of imide groups is 1. The highest BCUT2D eigenvalue weighted by Crippen LogP contribution is 2.25. The molecular weight excluding hydrogens is 340 g/mol. The van der Waals surface area contributed by atoms with Crippen molar-refractivity contribution in [2.75, 3.05) is 23.8 Å². The smallest absolute Gasteiger partial charge is 0.326 e. The van der Waals surface area contributed by atoms with Gasteiger partial charge in [-0.25, -0.2) is 4.79 Å². The Bertz CT molecular complexity index is 902. The number of carbonyl (C=O) groups is 2. The highest BCUT2D eigenvalue weighted by molar-refractivity contribution is 6.14. The maximum Gasteiger partial charge on any atom is 0.326 e. The van der Waals surface area contributed by atoms with Crippen molar-refractivity contribution in [3.05, 3.63) is 17.5 Å². The first-order valence-corrected chi connectivity index (χ1v) is 8.35. The second kappa shape index (κ2) is 6.59. The molecule has 26 heavy (non-hydrogen) atoms. The maximum absolute atomic E-state index is 11.7. The average molecular weight is 358 g/mol. The van der Waals surface area contributed by atoms with Crippen LogP contribution in [0.1, 0.15) is 24.8 Å². The van der Waals surface area contributed by atoms with Crippen LogP contribution in [-0.4, -0.2) is 55.8 Å². The number of aliphatic hydroxyl groups is 1. The summed E-state index contributed by atoms with van der Waals surface area (Å²) < 4.78 is 1.57. The largest absolute Gasteiger partial charge is 0.396 e. The molecule has 1 saturated heterocycles. The molecule has 0 bridgehead atoms. The molecule has 1 aliphatic heterocycles. The number of urea groups is 1. The number of rotatable bonds is 7. The third-order valence-electron chi connectivity index (χ3n) is 3.94. The van der Waals surface area contributed by atoms with Crippen molar-refractivity contribution in [3.63, 3.8) is 0 Å². The van der Waals surface area contributed by atoms with Gasteiger partial charge in [0, 0.05) is 24.8 Å². The fraction of sp³-hybridized carbons (Fsp3) is 0.400. The number of fused-ring (bicyclic) bond motifs is 1. The first-order chi connectivity index (χ1) is 12.6. The molecule has 0 radical (unpaired) electrons. The molecule has 0 atom stereocenters. The van der Waals surface area contributed by atoms with Gasteiger partial charge in [-0.2, -0.15) is 19.6 Å². The van der Waals surface area contributed by atoms with E-state index < -0.39 is 11.9 Å². The molecule has 1 aliphatic carbocycles. The zero-order chi connectivity index (χ0) is 18.1. The van der Waals surface area contributed by atoms with E-state index in [4.69, 9.17) is 5.11 Å². The average Bonchev–Trinajstić information content (AvgIpc) is 3.24. The molecule has 2 fully saturated rings. The van der Waals surface area contributed by atoms with Crippen molar-refractivity contribution in [2.45, 2.75) is 25.3 Å². The van der Waals surface area contributed by atoms with Crippen LogP contribution in [0.2, 0.25) is 0 Å². The minimum absolute atomic E-state index is 0.0707. The summed E-state index contributed by atoms with van der Waals surface area (Å²) in [6.07, 6.45) is 5.80. The lowest BCUT2D eigenvalue weighted by molar-refractivity contribution is -0.115. The van der Waals surface area contributed by atoms with Gasteiger partial charge in [0.15, 0.2) is 5.65 Å². The number of aromatic nitrogens is 4. The standard InChI is InChI=1S/C15H18N8O3/c24-5-1-4-16-13-20-11-8(6-10-12(25)21-15(26)19-10)7-17-23(11)14(22-13)18-9-2-3-9/h6-7,9,24H,1-5H2,(H2,16,18,20,22)(H2,19,21,25,26)/b10-6-. The number of anilines is 2. The molecule has 3 amide bonds. The van der Waals surface area contributed by atoms with Crippen molar-refractivity contribution < 1.29 is 14.7 Å². The summed E-state index contributed by atoms with van der Waals surface area (Å²) in [5.41, 5.74) is 1.20. The van der Waals surface area contributed by atoms with E-state index in [0.717, 1.165) is 12.8 Å². The Morgan fingerprint density at radius 1 is 1.31 bits per heavy atom. The monoisotopic (exact) mass is 358 g/mol. The number of nitrogens with one attached hydrogen (secondary N) is 4. The fourth-order valence-electron chi connectivity index (χ4n) is 2.50. The highest BCUT2D eigenvalue weighted by atomic mass is 16.3. The summed E-state index contributed by atoms with van der Waals surface area (Å²) in [5.74, 6) is 0.448. The summed E-state index contributed by atoms with van der Waals surface area (Å²) in [5, 5.41) is 24.2. The zero-order valence-electron chi connectivity index (χ0n) is 13.8. The Morgan fingerprint density at radius 3 is 2.85 bits per heavy atom. The summed E-state index contributed by atoms with van der Waals surface area (Å²) in [6.45, 7) is 0.597. The third kappa shape index (κ3) is 3.28. The molecule has 2 aromatic heterocycles. The SMILES string of the molecule is O=C1NC(=O)/C(=C/c2cnn3c(NC4CC4)nc(NCCCO)nc23)N1. The van der Waals surface area contributed by atoms with Crippen LogP contribution in [-0.2, 0) is 4.79 Å². The van der Waals surface area contributed by atoms with Crippen LogP contribution in [0.15, 0.2) is 11.9 Å². The van der Waals surface area contributed by atoms with Gasteiger partial charge >= 0.3 is 6.03 Å². The number of amides is 3. The van der Waals surface area contributed by atoms with E-state index in [1.165, 1.54) is 6.08 Å². The molecular formula is C15H18N8O3. The van der Waals surface area contributed by atoms with Crippen molar-refractivity contribution >= 4 is 35.6 Å². The van der Waals surface area contributed by atoms with Crippen LogP contribution in [0.25, 0.3) is 11.7 Å². The van der Waals surface area contributed by atoms with Gasteiger partial charge in [0.1, 0.15) is 5.70 Å². The van der Waals surface area contributed by atoms with Gasteiger partial charge in [-0.15, -0.1) is 0 Å². The lowest BCUT2D eigenvalue weighted by Gasteiger charge is -2.09. The van der Waals surface area contributed by atoms with Gasteiger partial charge in [0.05, 0.1) is 6.20 Å². The molecule has 136 valence electrons. The molecule has 4 rings (SSSR count).